The van der Waals surface area contributed by atoms with E-state index in [-0.39, 0.29) is 24.8 Å². The van der Waals surface area contributed by atoms with Gasteiger partial charge in [-0.3, -0.25) is 23.7 Å². The minimum Gasteiger partial charge on any atom is -0.501 e. The van der Waals surface area contributed by atoms with E-state index in [1.807, 2.05) is 0 Å². The number of aryl methyl sites for hydroxylation is 1. The van der Waals surface area contributed by atoms with Gasteiger partial charge in [-0.1, -0.05) is 6.07 Å². The molecule has 3 amide bonds. The van der Waals surface area contributed by atoms with Crippen LogP contribution in [0.25, 0.3) is 11.4 Å². The SMILES string of the molecule is CN(C)C(=O)C(=O)NC12CCC(CC1)Cn1c2nc(C(=O)NCc2ccc(F)cc2-c2nncn2C)c(O)c1=O. The molecule has 4 heterocycles. The van der Waals surface area contributed by atoms with Gasteiger partial charge in [0, 0.05) is 39.8 Å². The van der Waals surface area contributed by atoms with Gasteiger partial charge < -0.3 is 25.2 Å². The van der Waals surface area contributed by atoms with Crippen LogP contribution in [-0.2, 0) is 35.3 Å². The average Bonchev–Trinajstić information content (AvgIpc) is 3.22. The van der Waals surface area contributed by atoms with E-state index < -0.39 is 46.1 Å². The molecule has 0 radical (unpaired) electrons. The second-order valence-electron chi connectivity index (χ2n) is 10.5. The molecule has 1 fully saturated rings. The summed E-state index contributed by atoms with van der Waals surface area (Å²) in [6.07, 6.45) is 3.62. The van der Waals surface area contributed by atoms with Gasteiger partial charge in [-0.25, -0.2) is 9.37 Å². The molecule has 2 bridgehead atoms. The molecule has 1 aromatic carbocycles. The fraction of sp³-hybridized carbons (Fsp3) is 0.423. The first-order chi connectivity index (χ1) is 19.0. The zero-order chi connectivity index (χ0) is 28.8. The maximum Gasteiger partial charge on any atom is 0.311 e. The van der Waals surface area contributed by atoms with Crippen molar-refractivity contribution in [2.75, 3.05) is 14.1 Å². The third-order valence-electron chi connectivity index (χ3n) is 7.60. The fourth-order valence-electron chi connectivity index (χ4n) is 5.42. The lowest BCUT2D eigenvalue weighted by Crippen LogP contribution is -2.53. The van der Waals surface area contributed by atoms with Crippen LogP contribution in [0, 0.1) is 11.7 Å². The Morgan fingerprint density at radius 1 is 1.23 bits per heavy atom. The number of nitrogens with one attached hydrogen (secondary N) is 2. The first-order valence-electron chi connectivity index (χ1n) is 12.8. The third kappa shape index (κ3) is 4.69. The normalized spacial score (nSPS) is 19.4. The topological polar surface area (TPSA) is 164 Å². The van der Waals surface area contributed by atoms with Crippen molar-refractivity contribution in [2.24, 2.45) is 13.0 Å². The summed E-state index contributed by atoms with van der Waals surface area (Å²) in [7, 11) is 4.61. The molecule has 3 aliphatic rings. The monoisotopic (exact) mass is 552 g/mol. The number of hydrogen-bond donors (Lipinski definition) is 3. The quantitative estimate of drug-likeness (QED) is 0.383. The van der Waals surface area contributed by atoms with Crippen molar-refractivity contribution in [1.29, 1.82) is 0 Å². The van der Waals surface area contributed by atoms with E-state index in [4.69, 9.17) is 0 Å². The lowest BCUT2D eigenvalue weighted by molar-refractivity contribution is -0.145. The summed E-state index contributed by atoms with van der Waals surface area (Å²) < 4.78 is 16.9. The zero-order valence-corrected chi connectivity index (χ0v) is 22.3. The summed E-state index contributed by atoms with van der Waals surface area (Å²) in [6.45, 7) is 0.175. The minimum absolute atomic E-state index is 0.0951. The largest absolute Gasteiger partial charge is 0.501 e. The first-order valence-corrected chi connectivity index (χ1v) is 12.8. The molecule has 1 saturated carbocycles. The van der Waals surface area contributed by atoms with Gasteiger partial charge in [-0.15, -0.1) is 10.2 Å². The molecule has 0 unspecified atom stereocenters. The van der Waals surface area contributed by atoms with Crippen molar-refractivity contribution in [2.45, 2.75) is 44.3 Å². The van der Waals surface area contributed by atoms with E-state index in [1.54, 1.807) is 11.6 Å². The zero-order valence-electron chi connectivity index (χ0n) is 22.3. The summed E-state index contributed by atoms with van der Waals surface area (Å²) >= 11 is 0. The Balaban J connectivity index is 1.49. The molecule has 14 heteroatoms. The number of carbonyl (C=O) groups is 3. The van der Waals surface area contributed by atoms with Gasteiger partial charge in [0.15, 0.2) is 11.5 Å². The fourth-order valence-corrected chi connectivity index (χ4v) is 5.42. The highest BCUT2D eigenvalue weighted by Crippen LogP contribution is 2.43. The van der Waals surface area contributed by atoms with Gasteiger partial charge in [0.1, 0.15) is 18.0 Å². The second kappa shape index (κ2) is 10.2. The first kappa shape index (κ1) is 27.0. The Morgan fingerprint density at radius 3 is 2.60 bits per heavy atom. The van der Waals surface area contributed by atoms with Gasteiger partial charge in [-0.05, 0) is 49.3 Å². The highest BCUT2D eigenvalue weighted by Gasteiger charge is 2.46. The van der Waals surface area contributed by atoms with Crippen LogP contribution < -0.4 is 16.2 Å². The number of aromatic hydroxyl groups is 1. The predicted octanol–water partition coefficient (Wildman–Crippen LogP) is 0.417. The number of halogens is 1. The predicted molar refractivity (Wildman–Crippen MR) is 138 cm³/mol. The summed E-state index contributed by atoms with van der Waals surface area (Å²) in [6, 6.07) is 4.00. The maximum absolute atomic E-state index is 14.0. The van der Waals surface area contributed by atoms with Gasteiger partial charge in [-0.2, -0.15) is 0 Å². The van der Waals surface area contributed by atoms with Crippen molar-refractivity contribution in [3.05, 3.63) is 57.8 Å². The second-order valence-corrected chi connectivity index (χ2v) is 10.5. The van der Waals surface area contributed by atoms with Crippen molar-refractivity contribution < 1.29 is 23.9 Å². The Hall–Kier alpha value is -4.62. The summed E-state index contributed by atoms with van der Waals surface area (Å²) in [5, 5.41) is 24.0. The Bertz CT molecular complexity index is 1570. The molecule has 3 aromatic rings. The van der Waals surface area contributed by atoms with E-state index in [9.17, 15) is 28.7 Å². The number of amides is 3. The maximum atomic E-state index is 14.0. The molecule has 0 atom stereocenters. The number of hydrogen-bond acceptors (Lipinski definition) is 8. The summed E-state index contributed by atoms with van der Waals surface area (Å²) in [5.74, 6) is -3.14. The number of fused-ring (bicyclic) bond motifs is 2. The Morgan fingerprint density at radius 2 is 1.95 bits per heavy atom. The minimum atomic E-state index is -1.16. The number of likely N-dealkylation sites (N-methyl/N-ethyl adjacent to an activating group) is 1. The van der Waals surface area contributed by atoms with E-state index in [0.717, 1.165) is 4.90 Å². The molecular weight excluding hydrogens is 523 g/mol. The number of rotatable bonds is 5. The number of benzene rings is 1. The van der Waals surface area contributed by atoms with Crippen LogP contribution >= 0.6 is 0 Å². The van der Waals surface area contributed by atoms with E-state index >= 15 is 0 Å². The van der Waals surface area contributed by atoms with E-state index in [2.05, 4.69) is 25.8 Å². The molecule has 0 spiro atoms. The Labute approximate surface area is 228 Å². The van der Waals surface area contributed by atoms with Crippen molar-refractivity contribution >= 4 is 17.7 Å². The van der Waals surface area contributed by atoms with Crippen LogP contribution in [0.3, 0.4) is 0 Å². The highest BCUT2D eigenvalue weighted by atomic mass is 19.1. The van der Waals surface area contributed by atoms with Gasteiger partial charge in [0.25, 0.3) is 11.5 Å². The smallest absolute Gasteiger partial charge is 0.311 e. The van der Waals surface area contributed by atoms with E-state index in [1.165, 1.54) is 43.2 Å². The van der Waals surface area contributed by atoms with Crippen LogP contribution in [0.2, 0.25) is 0 Å². The number of nitrogens with zero attached hydrogens (tertiary/aromatic N) is 6. The summed E-state index contributed by atoms with van der Waals surface area (Å²) in [5.41, 5.74) is -1.54. The van der Waals surface area contributed by atoms with Gasteiger partial charge in [0.05, 0.1) is 5.54 Å². The van der Waals surface area contributed by atoms with E-state index in [0.29, 0.717) is 42.6 Å². The van der Waals surface area contributed by atoms with Crippen LogP contribution in [0.5, 0.6) is 5.75 Å². The third-order valence-corrected chi connectivity index (χ3v) is 7.60. The molecule has 1 aliphatic carbocycles. The molecule has 3 N–H and O–H groups in total. The number of carbonyl (C=O) groups excluding carboxylic acids is 3. The van der Waals surface area contributed by atoms with Crippen LogP contribution in [-0.4, -0.2) is 66.1 Å². The standard InChI is InChI=1S/C26H29FN8O5/c1-33(2)24(40)22(38)31-26-8-6-14(7-9-26)12-35-23(39)19(36)18(30-25(26)35)21(37)28-11-15-4-5-16(27)10-17(15)20-32-29-13-34(20)3/h4-5,10,13-14,36H,6-9,11-12H2,1-3H3,(H,28,37)(H,31,38). The van der Waals surface area contributed by atoms with Gasteiger partial charge in [0.2, 0.25) is 5.75 Å². The lowest BCUT2D eigenvalue weighted by Gasteiger charge is -2.37. The van der Waals surface area contributed by atoms with Crippen molar-refractivity contribution in [3.8, 4) is 17.1 Å². The highest BCUT2D eigenvalue weighted by molar-refractivity contribution is 6.35. The summed E-state index contributed by atoms with van der Waals surface area (Å²) in [4.78, 5) is 57.3. The number of aromatic nitrogens is 5. The Kier molecular flexibility index (Phi) is 6.85. The molecule has 13 nitrogen and oxygen atoms in total. The molecule has 2 aliphatic heterocycles. The molecule has 2 aromatic heterocycles. The lowest BCUT2D eigenvalue weighted by atomic mass is 9.77. The van der Waals surface area contributed by atoms with Crippen molar-refractivity contribution in [1.82, 2.24) is 39.8 Å². The molecule has 0 saturated heterocycles. The van der Waals surface area contributed by atoms with Crippen LogP contribution in [0.15, 0.2) is 29.3 Å². The van der Waals surface area contributed by atoms with Crippen LogP contribution in [0.1, 0.15) is 47.6 Å². The van der Waals surface area contributed by atoms with Gasteiger partial charge >= 0.3 is 11.8 Å². The molecular formula is C26H29FN8O5. The molecule has 6 rings (SSSR count). The molecule has 40 heavy (non-hydrogen) atoms. The van der Waals surface area contributed by atoms with Crippen molar-refractivity contribution in [3.63, 3.8) is 0 Å². The molecule has 210 valence electrons. The van der Waals surface area contributed by atoms with Crippen LogP contribution in [0.4, 0.5) is 4.39 Å². The average molecular weight is 553 g/mol.